The van der Waals surface area contributed by atoms with Gasteiger partial charge in [-0.05, 0) is 60.7 Å². The van der Waals surface area contributed by atoms with Crippen molar-refractivity contribution in [2.75, 3.05) is 5.32 Å². The maximum atomic E-state index is 12.0. The van der Waals surface area contributed by atoms with Crippen LogP contribution in [0.4, 0.5) is 11.4 Å². The van der Waals surface area contributed by atoms with E-state index in [4.69, 9.17) is 8.83 Å². The molecule has 6 heteroatoms. The number of carbonyl (C=O) groups is 1. The lowest BCUT2D eigenvalue weighted by atomic mass is 10.2. The number of nitrogens with zero attached hydrogens (tertiary/aromatic N) is 1. The summed E-state index contributed by atoms with van der Waals surface area (Å²) in [7, 11) is 0. The molecular weight excluding hydrogens is 420 g/mol. The van der Waals surface area contributed by atoms with Crippen molar-refractivity contribution in [3.8, 4) is 11.3 Å². The van der Waals surface area contributed by atoms with E-state index in [2.05, 4.69) is 26.2 Å². The van der Waals surface area contributed by atoms with Crippen molar-refractivity contribution in [2.45, 2.75) is 0 Å². The van der Waals surface area contributed by atoms with Crippen LogP contribution in [0.1, 0.15) is 16.3 Å². The summed E-state index contributed by atoms with van der Waals surface area (Å²) >= 11 is 3.42. The molecule has 0 atom stereocenters. The topological polar surface area (TPSA) is 67.7 Å². The highest BCUT2D eigenvalue weighted by Gasteiger charge is 2.08. The molecule has 4 aromatic rings. The molecule has 0 aliphatic carbocycles. The maximum Gasteiger partial charge on any atom is 0.291 e. The van der Waals surface area contributed by atoms with Crippen LogP contribution in [0.2, 0.25) is 0 Å². The molecule has 4 rings (SSSR count). The van der Waals surface area contributed by atoms with Gasteiger partial charge < -0.3 is 14.2 Å². The Morgan fingerprint density at radius 3 is 2.46 bits per heavy atom. The Kier molecular flexibility index (Phi) is 5.21. The van der Waals surface area contributed by atoms with E-state index in [1.165, 1.54) is 6.26 Å². The Morgan fingerprint density at radius 1 is 0.964 bits per heavy atom. The normalized spacial score (nSPS) is 11.0. The number of anilines is 1. The summed E-state index contributed by atoms with van der Waals surface area (Å²) in [6.45, 7) is 0. The van der Waals surface area contributed by atoms with Gasteiger partial charge >= 0.3 is 0 Å². The summed E-state index contributed by atoms with van der Waals surface area (Å²) in [6, 6.07) is 22.2. The van der Waals surface area contributed by atoms with Crippen molar-refractivity contribution < 1.29 is 13.6 Å². The first kappa shape index (κ1) is 18.0. The van der Waals surface area contributed by atoms with Crippen LogP contribution in [0.15, 0.2) is 97.4 Å². The quantitative estimate of drug-likeness (QED) is 0.374. The summed E-state index contributed by atoms with van der Waals surface area (Å²) < 4.78 is 11.9. The number of rotatable bonds is 5. The highest BCUT2D eigenvalue weighted by atomic mass is 79.9. The van der Waals surface area contributed by atoms with Crippen LogP contribution in [0, 0.1) is 0 Å². The molecule has 0 saturated carbocycles. The summed E-state index contributed by atoms with van der Waals surface area (Å²) in [5.74, 6) is 1.41. The zero-order chi connectivity index (χ0) is 19.3. The largest absolute Gasteiger partial charge is 0.459 e. The van der Waals surface area contributed by atoms with Gasteiger partial charge in [0.2, 0.25) is 0 Å². The van der Waals surface area contributed by atoms with Gasteiger partial charge in [0.05, 0.1) is 18.2 Å². The van der Waals surface area contributed by atoms with E-state index < -0.39 is 0 Å². The number of hydrogen-bond acceptors (Lipinski definition) is 4. The van der Waals surface area contributed by atoms with Crippen molar-refractivity contribution in [3.63, 3.8) is 0 Å². The number of halogens is 1. The monoisotopic (exact) mass is 434 g/mol. The minimum Gasteiger partial charge on any atom is -0.459 e. The molecule has 0 spiro atoms. The van der Waals surface area contributed by atoms with Gasteiger partial charge in [-0.2, -0.15) is 0 Å². The van der Waals surface area contributed by atoms with E-state index >= 15 is 0 Å². The number of benzene rings is 2. The summed E-state index contributed by atoms with van der Waals surface area (Å²) in [4.78, 5) is 16.4. The van der Waals surface area contributed by atoms with Crippen molar-refractivity contribution in [3.05, 3.63) is 95.1 Å². The molecule has 2 heterocycles. The Morgan fingerprint density at radius 2 is 1.75 bits per heavy atom. The SMILES string of the molecule is O=C(Nc1ccc(N=Cc2ccc(-c3ccc(Br)cc3)o2)cc1)c1ccco1. The van der Waals surface area contributed by atoms with Crippen LogP contribution >= 0.6 is 15.9 Å². The summed E-state index contributed by atoms with van der Waals surface area (Å²) in [6.07, 6.45) is 3.13. The third-order valence-electron chi connectivity index (χ3n) is 3.97. The lowest BCUT2D eigenvalue weighted by Crippen LogP contribution is -2.10. The number of aliphatic imine (C=N–C) groups is 1. The van der Waals surface area contributed by atoms with Gasteiger partial charge in [-0.15, -0.1) is 0 Å². The Labute approximate surface area is 169 Å². The molecule has 0 aliphatic heterocycles. The summed E-state index contributed by atoms with van der Waals surface area (Å²) in [5, 5.41) is 2.76. The number of furan rings is 2. The second kappa shape index (κ2) is 8.10. The molecule has 28 heavy (non-hydrogen) atoms. The molecule has 1 N–H and O–H groups in total. The molecule has 0 saturated heterocycles. The van der Waals surface area contributed by atoms with Crippen LogP contribution in [-0.4, -0.2) is 12.1 Å². The zero-order valence-corrected chi connectivity index (χ0v) is 16.2. The molecule has 0 radical (unpaired) electrons. The third kappa shape index (κ3) is 4.29. The van der Waals surface area contributed by atoms with E-state index in [-0.39, 0.29) is 11.7 Å². The first-order valence-electron chi connectivity index (χ1n) is 8.52. The van der Waals surface area contributed by atoms with Crippen molar-refractivity contribution in [2.24, 2.45) is 4.99 Å². The average molecular weight is 435 g/mol. The van der Waals surface area contributed by atoms with Crippen LogP contribution in [0.25, 0.3) is 11.3 Å². The standard InChI is InChI=1S/C22H15BrN2O3/c23-16-5-3-15(4-6-16)20-12-11-19(28-20)14-24-17-7-9-18(10-8-17)25-22(26)21-2-1-13-27-21/h1-14H,(H,25,26). The minimum absolute atomic E-state index is 0.265. The molecule has 138 valence electrons. The second-order valence-electron chi connectivity index (χ2n) is 5.95. The molecule has 0 fully saturated rings. The predicted octanol–water partition coefficient (Wildman–Crippen LogP) is 6.31. The molecule has 0 bridgehead atoms. The molecule has 2 aromatic carbocycles. The van der Waals surface area contributed by atoms with E-state index in [1.807, 2.05) is 48.5 Å². The number of amides is 1. The number of nitrogens with one attached hydrogen (secondary N) is 1. The lowest BCUT2D eigenvalue weighted by Gasteiger charge is -2.03. The van der Waals surface area contributed by atoms with E-state index in [0.29, 0.717) is 11.4 Å². The fraction of sp³-hybridized carbons (Fsp3) is 0. The minimum atomic E-state index is -0.294. The van der Waals surface area contributed by atoms with Gasteiger partial charge in [-0.3, -0.25) is 9.79 Å². The van der Waals surface area contributed by atoms with E-state index in [0.717, 1.165) is 21.5 Å². The first-order chi connectivity index (χ1) is 13.7. The number of carbonyl (C=O) groups excluding carboxylic acids is 1. The third-order valence-corrected chi connectivity index (χ3v) is 4.50. The summed E-state index contributed by atoms with van der Waals surface area (Å²) in [5.41, 5.74) is 2.41. The van der Waals surface area contributed by atoms with Crippen LogP contribution in [-0.2, 0) is 0 Å². The van der Waals surface area contributed by atoms with Crippen molar-refractivity contribution >= 4 is 39.4 Å². The molecule has 1 amide bonds. The average Bonchev–Trinajstić information content (AvgIpc) is 3.40. The van der Waals surface area contributed by atoms with Crippen LogP contribution in [0.5, 0.6) is 0 Å². The fourth-order valence-electron chi connectivity index (χ4n) is 2.56. The predicted molar refractivity (Wildman–Crippen MR) is 112 cm³/mol. The van der Waals surface area contributed by atoms with Gasteiger partial charge in [0.1, 0.15) is 11.5 Å². The molecule has 5 nitrogen and oxygen atoms in total. The van der Waals surface area contributed by atoms with Crippen molar-refractivity contribution in [1.82, 2.24) is 0 Å². The van der Waals surface area contributed by atoms with Gasteiger partial charge in [0, 0.05) is 15.7 Å². The van der Waals surface area contributed by atoms with E-state index in [9.17, 15) is 4.79 Å². The second-order valence-corrected chi connectivity index (χ2v) is 6.86. The maximum absolute atomic E-state index is 12.0. The highest BCUT2D eigenvalue weighted by molar-refractivity contribution is 9.10. The van der Waals surface area contributed by atoms with Gasteiger partial charge in [0.15, 0.2) is 5.76 Å². The molecule has 2 aromatic heterocycles. The smallest absolute Gasteiger partial charge is 0.291 e. The zero-order valence-electron chi connectivity index (χ0n) is 14.6. The Balaban J connectivity index is 1.41. The molecule has 0 aliphatic rings. The van der Waals surface area contributed by atoms with Crippen LogP contribution < -0.4 is 5.32 Å². The van der Waals surface area contributed by atoms with Gasteiger partial charge in [0.25, 0.3) is 5.91 Å². The first-order valence-corrected chi connectivity index (χ1v) is 9.31. The Hall–Kier alpha value is -3.38. The highest BCUT2D eigenvalue weighted by Crippen LogP contribution is 2.24. The molecule has 0 unspecified atom stereocenters. The van der Waals surface area contributed by atoms with Crippen LogP contribution in [0.3, 0.4) is 0 Å². The van der Waals surface area contributed by atoms with Gasteiger partial charge in [-0.25, -0.2) is 0 Å². The fourth-order valence-corrected chi connectivity index (χ4v) is 2.83. The van der Waals surface area contributed by atoms with Gasteiger partial charge in [-0.1, -0.05) is 28.1 Å². The molecular formula is C22H15BrN2O3. The van der Waals surface area contributed by atoms with E-state index in [1.54, 1.807) is 30.5 Å². The Bertz CT molecular complexity index is 1100. The lowest BCUT2D eigenvalue weighted by molar-refractivity contribution is 0.0996. The van der Waals surface area contributed by atoms with Crippen molar-refractivity contribution in [1.29, 1.82) is 0 Å². The number of hydrogen-bond donors (Lipinski definition) is 1.